The summed E-state index contributed by atoms with van der Waals surface area (Å²) < 4.78 is 0. The van der Waals surface area contributed by atoms with Gasteiger partial charge in [0.25, 0.3) is 0 Å². The minimum Gasteiger partial charge on any atom is -0.343 e. The Labute approximate surface area is 122 Å². The van der Waals surface area contributed by atoms with Crippen LogP contribution < -0.4 is 5.32 Å². The molecule has 0 saturated carbocycles. The third-order valence-electron chi connectivity index (χ3n) is 3.18. The Morgan fingerprint density at radius 2 is 1.90 bits per heavy atom. The number of anilines is 2. The molecule has 0 aliphatic rings. The quantitative estimate of drug-likeness (QED) is 0.739. The smallest absolute Gasteiger partial charge is 0.143 e. The SMILES string of the molecule is Cc1nc(Nc2ccc(Cl)cc2C)c2cc(C)[nH]c2n1. The second kappa shape index (κ2) is 4.80. The van der Waals surface area contributed by atoms with E-state index in [9.17, 15) is 0 Å². The van der Waals surface area contributed by atoms with Crippen molar-refractivity contribution >= 4 is 34.1 Å². The van der Waals surface area contributed by atoms with Crippen molar-refractivity contribution in [3.63, 3.8) is 0 Å². The van der Waals surface area contributed by atoms with Crippen LogP contribution in [-0.2, 0) is 0 Å². The van der Waals surface area contributed by atoms with Crippen molar-refractivity contribution in [2.24, 2.45) is 0 Å². The number of hydrogen-bond donors (Lipinski definition) is 2. The molecule has 0 fully saturated rings. The molecule has 2 N–H and O–H groups in total. The summed E-state index contributed by atoms with van der Waals surface area (Å²) in [7, 11) is 0. The summed E-state index contributed by atoms with van der Waals surface area (Å²) in [5, 5.41) is 5.09. The first kappa shape index (κ1) is 12.9. The van der Waals surface area contributed by atoms with Gasteiger partial charge in [-0.15, -0.1) is 0 Å². The van der Waals surface area contributed by atoms with Gasteiger partial charge < -0.3 is 10.3 Å². The molecule has 0 saturated heterocycles. The normalized spacial score (nSPS) is 11.0. The highest BCUT2D eigenvalue weighted by molar-refractivity contribution is 6.30. The maximum absolute atomic E-state index is 5.99. The van der Waals surface area contributed by atoms with Crippen LogP contribution in [0.3, 0.4) is 0 Å². The molecule has 3 aromatic rings. The number of nitrogens with one attached hydrogen (secondary N) is 2. The molecule has 2 aromatic heterocycles. The van der Waals surface area contributed by atoms with E-state index >= 15 is 0 Å². The highest BCUT2D eigenvalue weighted by Crippen LogP contribution is 2.27. The van der Waals surface area contributed by atoms with Crippen molar-refractivity contribution in [1.29, 1.82) is 0 Å². The van der Waals surface area contributed by atoms with E-state index in [0.717, 1.165) is 44.6 Å². The average Bonchev–Trinajstić information content (AvgIpc) is 2.73. The molecule has 4 nitrogen and oxygen atoms in total. The minimum absolute atomic E-state index is 0.730. The van der Waals surface area contributed by atoms with Crippen LogP contribution >= 0.6 is 11.6 Å². The number of hydrogen-bond acceptors (Lipinski definition) is 3. The summed E-state index contributed by atoms with van der Waals surface area (Å²) in [5.41, 5.74) is 3.99. The summed E-state index contributed by atoms with van der Waals surface area (Å²) in [6.07, 6.45) is 0. The fourth-order valence-corrected chi connectivity index (χ4v) is 2.47. The van der Waals surface area contributed by atoms with Crippen LogP contribution in [0, 0.1) is 20.8 Å². The van der Waals surface area contributed by atoms with Gasteiger partial charge in [0.2, 0.25) is 0 Å². The highest BCUT2D eigenvalue weighted by Gasteiger charge is 2.09. The fraction of sp³-hybridized carbons (Fsp3) is 0.200. The number of nitrogens with zero attached hydrogens (tertiary/aromatic N) is 2. The van der Waals surface area contributed by atoms with Gasteiger partial charge in [-0.2, -0.15) is 0 Å². The summed E-state index contributed by atoms with van der Waals surface area (Å²) in [4.78, 5) is 12.1. The standard InChI is InChI=1S/C15H15ClN4/c1-8-6-11(16)4-5-13(8)20-15-12-7-9(2)17-14(12)18-10(3)19-15/h4-7H,1-3H3,(H2,17,18,19,20). The average molecular weight is 287 g/mol. The highest BCUT2D eigenvalue weighted by atomic mass is 35.5. The van der Waals surface area contributed by atoms with Gasteiger partial charge in [-0.25, -0.2) is 9.97 Å². The molecule has 0 spiro atoms. The van der Waals surface area contributed by atoms with E-state index in [1.807, 2.05) is 45.0 Å². The summed E-state index contributed by atoms with van der Waals surface area (Å²) in [6.45, 7) is 5.91. The molecule has 0 atom stereocenters. The van der Waals surface area contributed by atoms with Gasteiger partial charge in [0.1, 0.15) is 17.3 Å². The topological polar surface area (TPSA) is 53.6 Å². The molecule has 20 heavy (non-hydrogen) atoms. The molecule has 0 aliphatic carbocycles. The van der Waals surface area contributed by atoms with Crippen molar-refractivity contribution in [2.75, 3.05) is 5.32 Å². The number of aryl methyl sites for hydroxylation is 3. The molecule has 0 radical (unpaired) electrons. The van der Waals surface area contributed by atoms with E-state index in [2.05, 4.69) is 20.3 Å². The molecule has 2 heterocycles. The van der Waals surface area contributed by atoms with E-state index in [1.54, 1.807) is 0 Å². The number of rotatable bonds is 2. The summed E-state index contributed by atoms with van der Waals surface area (Å²) in [5.74, 6) is 1.54. The van der Waals surface area contributed by atoms with Gasteiger partial charge in [-0.3, -0.25) is 0 Å². The third kappa shape index (κ3) is 2.34. The molecule has 0 amide bonds. The lowest BCUT2D eigenvalue weighted by Gasteiger charge is -2.10. The van der Waals surface area contributed by atoms with Crippen LogP contribution in [0.5, 0.6) is 0 Å². The first-order valence-electron chi connectivity index (χ1n) is 6.40. The van der Waals surface area contributed by atoms with Crippen molar-refractivity contribution in [3.8, 4) is 0 Å². The number of H-pyrrole nitrogens is 1. The van der Waals surface area contributed by atoms with Crippen LogP contribution in [0.25, 0.3) is 11.0 Å². The molecule has 3 rings (SSSR count). The first-order valence-corrected chi connectivity index (χ1v) is 6.78. The molecule has 1 aromatic carbocycles. The van der Waals surface area contributed by atoms with E-state index in [-0.39, 0.29) is 0 Å². The monoisotopic (exact) mass is 286 g/mol. The van der Waals surface area contributed by atoms with Gasteiger partial charge in [0.15, 0.2) is 0 Å². The molecular formula is C15H15ClN4. The largest absolute Gasteiger partial charge is 0.343 e. The second-order valence-electron chi connectivity index (χ2n) is 4.92. The van der Waals surface area contributed by atoms with Gasteiger partial charge in [-0.1, -0.05) is 11.6 Å². The van der Waals surface area contributed by atoms with Crippen molar-refractivity contribution in [3.05, 3.63) is 46.4 Å². The zero-order valence-corrected chi connectivity index (χ0v) is 12.3. The summed E-state index contributed by atoms with van der Waals surface area (Å²) in [6, 6.07) is 7.80. The maximum atomic E-state index is 5.99. The second-order valence-corrected chi connectivity index (χ2v) is 5.35. The Morgan fingerprint density at radius 3 is 2.65 bits per heavy atom. The zero-order valence-electron chi connectivity index (χ0n) is 11.6. The lowest BCUT2D eigenvalue weighted by molar-refractivity contribution is 1.08. The minimum atomic E-state index is 0.730. The third-order valence-corrected chi connectivity index (χ3v) is 3.41. The van der Waals surface area contributed by atoms with Crippen LogP contribution in [0.2, 0.25) is 5.02 Å². The molecule has 102 valence electrons. The van der Waals surface area contributed by atoms with Gasteiger partial charge in [0.05, 0.1) is 5.39 Å². The Morgan fingerprint density at radius 1 is 1.10 bits per heavy atom. The first-order chi connectivity index (χ1) is 9.52. The van der Waals surface area contributed by atoms with Gasteiger partial charge >= 0.3 is 0 Å². The van der Waals surface area contributed by atoms with Crippen LogP contribution in [0.1, 0.15) is 17.1 Å². The lowest BCUT2D eigenvalue weighted by atomic mass is 10.2. The maximum Gasteiger partial charge on any atom is 0.143 e. The Hall–Kier alpha value is -2.07. The number of benzene rings is 1. The predicted octanol–water partition coefficient (Wildman–Crippen LogP) is 4.28. The van der Waals surface area contributed by atoms with Crippen molar-refractivity contribution in [1.82, 2.24) is 15.0 Å². The van der Waals surface area contributed by atoms with E-state index in [4.69, 9.17) is 11.6 Å². The van der Waals surface area contributed by atoms with Crippen molar-refractivity contribution < 1.29 is 0 Å². The van der Waals surface area contributed by atoms with E-state index < -0.39 is 0 Å². The number of aromatic nitrogens is 3. The Bertz CT molecular complexity index is 792. The molecule has 0 unspecified atom stereocenters. The number of fused-ring (bicyclic) bond motifs is 1. The van der Waals surface area contributed by atoms with Gasteiger partial charge in [0, 0.05) is 16.4 Å². The van der Waals surface area contributed by atoms with Crippen molar-refractivity contribution in [2.45, 2.75) is 20.8 Å². The van der Waals surface area contributed by atoms with Gasteiger partial charge in [-0.05, 0) is 50.6 Å². The number of aromatic amines is 1. The fourth-order valence-electron chi connectivity index (χ4n) is 2.24. The van der Waals surface area contributed by atoms with Crippen LogP contribution in [0.4, 0.5) is 11.5 Å². The number of halogens is 1. The van der Waals surface area contributed by atoms with E-state index in [1.165, 1.54) is 0 Å². The molecular weight excluding hydrogens is 272 g/mol. The summed E-state index contributed by atoms with van der Waals surface area (Å²) >= 11 is 5.99. The van der Waals surface area contributed by atoms with Crippen LogP contribution in [0.15, 0.2) is 24.3 Å². The van der Waals surface area contributed by atoms with E-state index in [0.29, 0.717) is 0 Å². The zero-order chi connectivity index (χ0) is 14.3. The lowest BCUT2D eigenvalue weighted by Crippen LogP contribution is -1.99. The molecule has 0 bridgehead atoms. The Kier molecular flexibility index (Phi) is 3.10. The Balaban J connectivity index is 2.10. The molecule has 5 heteroatoms. The molecule has 0 aliphatic heterocycles. The van der Waals surface area contributed by atoms with Crippen LogP contribution in [-0.4, -0.2) is 15.0 Å². The predicted molar refractivity (Wildman–Crippen MR) is 82.8 cm³/mol.